The van der Waals surface area contributed by atoms with E-state index in [0.29, 0.717) is 5.92 Å². The van der Waals surface area contributed by atoms with Crippen molar-refractivity contribution in [2.75, 3.05) is 6.61 Å². The van der Waals surface area contributed by atoms with E-state index < -0.39 is 8.56 Å². The highest BCUT2D eigenvalue weighted by molar-refractivity contribution is 6.92. The molecule has 1 saturated carbocycles. The molecule has 0 amide bonds. The average molecular weight is 481 g/mol. The largest absolute Gasteiger partial charge is 0.407 e. The molecule has 2 nitrogen and oxygen atoms in total. The minimum absolute atomic E-state index is 0.279. The second kappa shape index (κ2) is 14.9. The summed E-state index contributed by atoms with van der Waals surface area (Å²) in [7, 11) is -2.78. The van der Waals surface area contributed by atoms with E-state index in [-0.39, 0.29) is 6.10 Å². The van der Waals surface area contributed by atoms with Gasteiger partial charge in [0.25, 0.3) is 0 Å². The molecule has 34 heavy (non-hydrogen) atoms. The van der Waals surface area contributed by atoms with Gasteiger partial charge in [-0.25, -0.2) is 0 Å². The summed E-state index contributed by atoms with van der Waals surface area (Å²) >= 11 is 0. The van der Waals surface area contributed by atoms with Gasteiger partial charge >= 0.3 is 8.56 Å². The molecule has 2 aromatic carbocycles. The Hall–Kier alpha value is -1.42. The quantitative estimate of drug-likeness (QED) is 0.193. The highest BCUT2D eigenvalue weighted by atomic mass is 28.4. The van der Waals surface area contributed by atoms with E-state index in [1.54, 1.807) is 0 Å². The second-order valence-electron chi connectivity index (χ2n) is 10.5. The summed E-state index contributed by atoms with van der Waals surface area (Å²) in [4.78, 5) is 0. The molecule has 3 atom stereocenters. The number of hydrogen-bond donors (Lipinski definition) is 0. The zero-order valence-electron chi connectivity index (χ0n) is 22.0. The van der Waals surface area contributed by atoms with Crippen molar-refractivity contribution in [2.24, 2.45) is 11.8 Å². The summed E-state index contributed by atoms with van der Waals surface area (Å²) in [5, 5.41) is 2.48. The number of unbranched alkanes of at least 4 members (excludes halogenated alkanes) is 8. The standard InChI is InChI=1S/C31H48O2Si/c1-4-5-6-7-8-9-10-11-18-25-32-34(30-19-14-12-15-20-30,31-21-16-13-17-22-31)33-29-24-23-27(2)28(3)26-29/h12-17,19-22,27-29H,4-11,18,23-26H2,1-3H3. The van der Waals surface area contributed by atoms with Crippen molar-refractivity contribution in [1.29, 1.82) is 0 Å². The number of rotatable bonds is 15. The second-order valence-corrected chi connectivity index (χ2v) is 13.4. The van der Waals surface area contributed by atoms with E-state index in [2.05, 4.69) is 81.4 Å². The van der Waals surface area contributed by atoms with E-state index in [1.807, 2.05) is 0 Å². The van der Waals surface area contributed by atoms with Crippen molar-refractivity contribution in [3.63, 3.8) is 0 Å². The molecular formula is C31H48O2Si. The van der Waals surface area contributed by atoms with Crippen LogP contribution in [0.2, 0.25) is 0 Å². The molecule has 0 radical (unpaired) electrons. The first kappa shape index (κ1) is 27.2. The summed E-state index contributed by atoms with van der Waals surface area (Å²) < 4.78 is 14.1. The topological polar surface area (TPSA) is 18.5 Å². The zero-order valence-corrected chi connectivity index (χ0v) is 23.0. The Kier molecular flexibility index (Phi) is 11.9. The molecule has 0 aromatic heterocycles. The third-order valence-electron chi connectivity index (χ3n) is 7.74. The smallest absolute Gasteiger partial charge is 0.388 e. The molecular weight excluding hydrogens is 432 g/mol. The summed E-state index contributed by atoms with van der Waals surface area (Å²) in [6.07, 6.45) is 15.7. The third kappa shape index (κ3) is 8.07. The molecule has 1 fully saturated rings. The van der Waals surface area contributed by atoms with Crippen LogP contribution in [0, 0.1) is 11.8 Å². The van der Waals surface area contributed by atoms with Crippen molar-refractivity contribution in [3.05, 3.63) is 60.7 Å². The van der Waals surface area contributed by atoms with Crippen LogP contribution in [0.5, 0.6) is 0 Å². The van der Waals surface area contributed by atoms with Crippen LogP contribution in [-0.4, -0.2) is 21.3 Å². The van der Waals surface area contributed by atoms with E-state index in [4.69, 9.17) is 8.85 Å². The van der Waals surface area contributed by atoms with Crippen LogP contribution in [0.4, 0.5) is 0 Å². The zero-order chi connectivity index (χ0) is 24.1. The van der Waals surface area contributed by atoms with Gasteiger partial charge in [-0.2, -0.15) is 0 Å². The van der Waals surface area contributed by atoms with Gasteiger partial charge in [-0.1, -0.05) is 133 Å². The fourth-order valence-corrected chi connectivity index (χ4v) is 8.67. The summed E-state index contributed by atoms with van der Waals surface area (Å²) in [5.41, 5.74) is 0. The molecule has 0 N–H and O–H groups in total. The number of benzene rings is 2. The van der Waals surface area contributed by atoms with Gasteiger partial charge in [-0.3, -0.25) is 0 Å². The van der Waals surface area contributed by atoms with Gasteiger partial charge in [-0.15, -0.1) is 0 Å². The maximum atomic E-state index is 7.17. The first-order chi connectivity index (χ1) is 16.7. The first-order valence-corrected chi connectivity index (χ1v) is 15.9. The van der Waals surface area contributed by atoms with Gasteiger partial charge in [0.1, 0.15) is 0 Å². The Morgan fingerprint density at radius 3 is 1.74 bits per heavy atom. The van der Waals surface area contributed by atoms with Gasteiger partial charge < -0.3 is 8.85 Å². The van der Waals surface area contributed by atoms with Crippen molar-refractivity contribution >= 4 is 18.9 Å². The third-order valence-corrected chi connectivity index (χ3v) is 11.2. The highest BCUT2D eigenvalue weighted by Crippen LogP contribution is 2.32. The number of hydrogen-bond acceptors (Lipinski definition) is 2. The lowest BCUT2D eigenvalue weighted by Crippen LogP contribution is -2.65. The molecule has 0 saturated heterocycles. The van der Waals surface area contributed by atoms with E-state index in [9.17, 15) is 0 Å². The lowest BCUT2D eigenvalue weighted by Gasteiger charge is -2.39. The molecule has 0 spiro atoms. The van der Waals surface area contributed by atoms with Crippen molar-refractivity contribution in [1.82, 2.24) is 0 Å². The minimum atomic E-state index is -2.78. The van der Waals surface area contributed by atoms with Crippen LogP contribution in [0.15, 0.2) is 60.7 Å². The van der Waals surface area contributed by atoms with Crippen LogP contribution in [0.1, 0.15) is 97.8 Å². The van der Waals surface area contributed by atoms with E-state index in [0.717, 1.165) is 31.8 Å². The summed E-state index contributed by atoms with van der Waals surface area (Å²) in [5.74, 6) is 1.49. The molecule has 3 heteroatoms. The Morgan fingerprint density at radius 1 is 0.676 bits per heavy atom. The Morgan fingerprint density at radius 2 is 1.21 bits per heavy atom. The summed E-state index contributed by atoms with van der Waals surface area (Å²) in [6, 6.07) is 21.6. The summed E-state index contributed by atoms with van der Waals surface area (Å²) in [6.45, 7) is 7.84. The van der Waals surface area contributed by atoms with E-state index in [1.165, 1.54) is 68.2 Å². The lowest BCUT2D eigenvalue weighted by atomic mass is 9.80. The van der Waals surface area contributed by atoms with Crippen molar-refractivity contribution in [2.45, 2.75) is 104 Å². The predicted molar refractivity (Wildman–Crippen MR) is 148 cm³/mol. The van der Waals surface area contributed by atoms with Gasteiger partial charge in [0, 0.05) is 12.7 Å². The predicted octanol–water partition coefficient (Wildman–Crippen LogP) is 7.63. The van der Waals surface area contributed by atoms with Crippen molar-refractivity contribution < 1.29 is 8.85 Å². The maximum Gasteiger partial charge on any atom is 0.407 e. The average Bonchev–Trinajstić information content (AvgIpc) is 2.87. The fourth-order valence-electron chi connectivity index (χ4n) is 5.29. The molecule has 0 heterocycles. The van der Waals surface area contributed by atoms with Gasteiger partial charge in [0.15, 0.2) is 0 Å². The van der Waals surface area contributed by atoms with Crippen molar-refractivity contribution in [3.8, 4) is 0 Å². The van der Waals surface area contributed by atoms with Crippen LogP contribution in [0.3, 0.4) is 0 Å². The minimum Gasteiger partial charge on any atom is -0.388 e. The molecule has 2 aromatic rings. The normalized spacial score (nSPS) is 21.0. The monoisotopic (exact) mass is 480 g/mol. The van der Waals surface area contributed by atoms with Crippen LogP contribution in [-0.2, 0) is 8.85 Å². The van der Waals surface area contributed by atoms with Crippen LogP contribution >= 0.6 is 0 Å². The molecule has 3 rings (SSSR count). The molecule has 188 valence electrons. The van der Waals surface area contributed by atoms with Gasteiger partial charge in [0.2, 0.25) is 0 Å². The highest BCUT2D eigenvalue weighted by Gasteiger charge is 2.45. The molecule has 0 aliphatic heterocycles. The van der Waals surface area contributed by atoms with E-state index >= 15 is 0 Å². The molecule has 1 aliphatic carbocycles. The Labute approximate surface area is 210 Å². The Bertz CT molecular complexity index is 739. The SMILES string of the molecule is CCCCCCCCCCCO[Si](OC1CCC(C)C(C)C1)(c1ccccc1)c1ccccc1. The van der Waals surface area contributed by atoms with Crippen LogP contribution in [0.25, 0.3) is 0 Å². The Balaban J connectivity index is 1.67. The lowest BCUT2D eigenvalue weighted by molar-refractivity contribution is 0.0660. The fraction of sp³-hybridized carbons (Fsp3) is 0.613. The van der Waals surface area contributed by atoms with Gasteiger partial charge in [0.05, 0.1) is 0 Å². The van der Waals surface area contributed by atoms with Gasteiger partial charge in [-0.05, 0) is 47.9 Å². The molecule has 1 aliphatic rings. The molecule has 0 bridgehead atoms. The molecule has 3 unspecified atom stereocenters. The first-order valence-electron chi connectivity index (χ1n) is 14.1. The van der Waals surface area contributed by atoms with Crippen LogP contribution < -0.4 is 10.4 Å². The maximum absolute atomic E-state index is 7.17.